The van der Waals surface area contributed by atoms with Crippen molar-refractivity contribution in [2.45, 2.75) is 164 Å². The molecule has 0 bridgehead atoms. The van der Waals surface area contributed by atoms with Gasteiger partial charge in [-0.25, -0.2) is 0 Å². The standard InChI is InChI=1S/C36H63NO13/c1-3-5-7-8-9-10-11-12-13-14-15-16-18-19-25(40)24(37-28(41)20-17-6-4-2)23-47-35-33(46)31(44)34(27(22-39)49-35)50-36-32(45)30(43)29(42)26(21-38)48-36/h9-10,13-14,18-19,24-27,29-36,38-40,42-46H,3-8,11-12,15-17,20-23H2,1-2H3,(H,37,41)/b10-9+,14-13+,19-18+. The number of carbonyl (C=O) groups excluding carboxylic acids is 1. The fourth-order valence-electron chi connectivity index (χ4n) is 5.67. The van der Waals surface area contributed by atoms with Crippen molar-refractivity contribution in [2.24, 2.45) is 0 Å². The van der Waals surface area contributed by atoms with Crippen LogP contribution in [0.15, 0.2) is 36.5 Å². The van der Waals surface area contributed by atoms with Crippen LogP contribution in [-0.4, -0.2) is 140 Å². The van der Waals surface area contributed by atoms with Crippen LogP contribution in [0.5, 0.6) is 0 Å². The minimum atomic E-state index is -1.79. The average molecular weight is 718 g/mol. The Balaban J connectivity index is 1.96. The maximum Gasteiger partial charge on any atom is 0.220 e. The van der Waals surface area contributed by atoms with Gasteiger partial charge in [0.15, 0.2) is 12.6 Å². The van der Waals surface area contributed by atoms with Gasteiger partial charge < -0.3 is 65.1 Å². The first-order chi connectivity index (χ1) is 24.1. The zero-order valence-electron chi connectivity index (χ0n) is 29.6. The Bertz CT molecular complexity index is 993. The van der Waals surface area contributed by atoms with E-state index in [0.717, 1.165) is 38.5 Å². The molecule has 0 aromatic heterocycles. The van der Waals surface area contributed by atoms with Gasteiger partial charge in [-0.3, -0.25) is 4.79 Å². The molecule has 1 amide bonds. The van der Waals surface area contributed by atoms with Gasteiger partial charge in [0.2, 0.25) is 5.91 Å². The van der Waals surface area contributed by atoms with Crippen molar-refractivity contribution in [1.82, 2.24) is 5.32 Å². The molecular weight excluding hydrogens is 654 g/mol. The Morgan fingerprint density at radius 3 is 1.88 bits per heavy atom. The molecule has 0 saturated carbocycles. The summed E-state index contributed by atoms with van der Waals surface area (Å²) in [5.41, 5.74) is 0. The number of amides is 1. The molecule has 2 rings (SSSR count). The monoisotopic (exact) mass is 717 g/mol. The van der Waals surface area contributed by atoms with Gasteiger partial charge in [0, 0.05) is 6.42 Å². The van der Waals surface area contributed by atoms with E-state index in [2.05, 4.69) is 36.5 Å². The predicted molar refractivity (Wildman–Crippen MR) is 184 cm³/mol. The SMILES string of the molecule is CCCCC/C=C/CC/C=C/CC/C=C/C(O)C(COC1OC(CO)C(OC2OC(CO)C(O)C(O)C2O)C(O)C1O)NC(=O)CCCCC. The van der Waals surface area contributed by atoms with E-state index in [1.54, 1.807) is 6.08 Å². The van der Waals surface area contributed by atoms with Crippen LogP contribution in [0.25, 0.3) is 0 Å². The molecule has 0 aliphatic carbocycles. The van der Waals surface area contributed by atoms with E-state index >= 15 is 0 Å². The van der Waals surface area contributed by atoms with E-state index in [1.807, 2.05) is 13.0 Å². The largest absolute Gasteiger partial charge is 0.394 e. The van der Waals surface area contributed by atoms with Crippen LogP contribution in [0, 0.1) is 0 Å². The molecule has 0 aromatic rings. The zero-order valence-corrected chi connectivity index (χ0v) is 29.6. The number of unbranched alkanes of at least 4 members (excludes halogenated alkanes) is 7. The normalized spacial score (nSPS) is 31.9. The number of hydrogen-bond donors (Lipinski definition) is 9. The van der Waals surface area contributed by atoms with E-state index < -0.39 is 86.8 Å². The van der Waals surface area contributed by atoms with Crippen LogP contribution >= 0.6 is 0 Å². The molecule has 2 saturated heterocycles. The smallest absolute Gasteiger partial charge is 0.220 e. The summed E-state index contributed by atoms with van der Waals surface area (Å²) in [6, 6.07) is -0.927. The lowest BCUT2D eigenvalue weighted by atomic mass is 9.97. The quantitative estimate of drug-likeness (QED) is 0.0500. The van der Waals surface area contributed by atoms with Crippen molar-refractivity contribution >= 4 is 5.91 Å². The lowest BCUT2D eigenvalue weighted by Crippen LogP contribution is -2.65. The van der Waals surface area contributed by atoms with E-state index in [0.29, 0.717) is 12.8 Å². The van der Waals surface area contributed by atoms with Gasteiger partial charge in [0.05, 0.1) is 32.0 Å². The molecule has 12 atom stereocenters. The van der Waals surface area contributed by atoms with E-state index in [-0.39, 0.29) is 18.9 Å². The van der Waals surface area contributed by atoms with Gasteiger partial charge in [0.25, 0.3) is 0 Å². The van der Waals surface area contributed by atoms with Gasteiger partial charge in [-0.1, -0.05) is 76.0 Å². The summed E-state index contributed by atoms with van der Waals surface area (Å²) < 4.78 is 22.3. The van der Waals surface area contributed by atoms with Crippen LogP contribution in [-0.2, 0) is 23.7 Å². The second kappa shape index (κ2) is 25.2. The van der Waals surface area contributed by atoms with Crippen molar-refractivity contribution in [2.75, 3.05) is 19.8 Å². The van der Waals surface area contributed by atoms with Crippen LogP contribution < -0.4 is 5.32 Å². The van der Waals surface area contributed by atoms with Crippen molar-refractivity contribution in [3.05, 3.63) is 36.5 Å². The van der Waals surface area contributed by atoms with Crippen LogP contribution in [0.2, 0.25) is 0 Å². The topological polar surface area (TPSA) is 228 Å². The molecule has 2 aliphatic heterocycles. The third-order valence-corrected chi connectivity index (χ3v) is 8.81. The fourth-order valence-corrected chi connectivity index (χ4v) is 5.67. The van der Waals surface area contributed by atoms with Gasteiger partial charge >= 0.3 is 0 Å². The number of rotatable bonds is 24. The highest BCUT2D eigenvalue weighted by molar-refractivity contribution is 5.76. The highest BCUT2D eigenvalue weighted by Crippen LogP contribution is 2.29. The van der Waals surface area contributed by atoms with Gasteiger partial charge in [0.1, 0.15) is 48.8 Å². The summed E-state index contributed by atoms with van der Waals surface area (Å²) in [7, 11) is 0. The Kier molecular flexibility index (Phi) is 22.4. The molecule has 2 fully saturated rings. The molecule has 14 nitrogen and oxygen atoms in total. The fraction of sp³-hybridized carbons (Fsp3) is 0.806. The van der Waals surface area contributed by atoms with Crippen LogP contribution in [0.1, 0.15) is 90.9 Å². The minimum Gasteiger partial charge on any atom is -0.394 e. The molecule has 9 N–H and O–H groups in total. The maximum absolute atomic E-state index is 12.7. The number of carbonyl (C=O) groups is 1. The summed E-state index contributed by atoms with van der Waals surface area (Å²) in [5, 5.41) is 85.4. The summed E-state index contributed by atoms with van der Waals surface area (Å²) in [6.07, 6.45) is 5.99. The first-order valence-corrected chi connectivity index (χ1v) is 18.2. The molecule has 0 spiro atoms. The van der Waals surface area contributed by atoms with Crippen LogP contribution in [0.4, 0.5) is 0 Å². The molecule has 0 aromatic carbocycles. The van der Waals surface area contributed by atoms with E-state index in [1.165, 1.54) is 19.3 Å². The third-order valence-electron chi connectivity index (χ3n) is 8.81. The van der Waals surface area contributed by atoms with Crippen LogP contribution in [0.3, 0.4) is 0 Å². The summed E-state index contributed by atoms with van der Waals surface area (Å²) in [4.78, 5) is 12.7. The Morgan fingerprint density at radius 2 is 1.26 bits per heavy atom. The lowest BCUT2D eigenvalue weighted by molar-refractivity contribution is -0.359. The Labute approximate surface area is 296 Å². The van der Waals surface area contributed by atoms with Crippen molar-refractivity contribution < 1.29 is 64.6 Å². The summed E-state index contributed by atoms with van der Waals surface area (Å²) >= 11 is 0. The molecule has 14 heteroatoms. The summed E-state index contributed by atoms with van der Waals surface area (Å²) in [5.74, 6) is -0.284. The molecule has 50 heavy (non-hydrogen) atoms. The predicted octanol–water partition coefficient (Wildman–Crippen LogP) is 0.862. The Hall–Kier alpha value is -1.79. The number of allylic oxidation sites excluding steroid dienone is 5. The zero-order chi connectivity index (χ0) is 36.9. The second-order valence-electron chi connectivity index (χ2n) is 13.0. The molecule has 2 heterocycles. The van der Waals surface area contributed by atoms with Crippen molar-refractivity contribution in [3.8, 4) is 0 Å². The second-order valence-corrected chi connectivity index (χ2v) is 13.0. The van der Waals surface area contributed by atoms with Crippen molar-refractivity contribution in [1.29, 1.82) is 0 Å². The number of aliphatic hydroxyl groups excluding tert-OH is 8. The lowest BCUT2D eigenvalue weighted by Gasteiger charge is -2.46. The number of aliphatic hydroxyl groups is 8. The van der Waals surface area contributed by atoms with E-state index in [9.17, 15) is 45.6 Å². The Morgan fingerprint density at radius 1 is 0.700 bits per heavy atom. The van der Waals surface area contributed by atoms with Gasteiger partial charge in [-0.2, -0.15) is 0 Å². The number of nitrogens with one attached hydrogen (secondary N) is 1. The molecule has 2 aliphatic rings. The van der Waals surface area contributed by atoms with E-state index in [4.69, 9.17) is 18.9 Å². The average Bonchev–Trinajstić information content (AvgIpc) is 3.11. The maximum atomic E-state index is 12.7. The summed E-state index contributed by atoms with van der Waals surface area (Å²) in [6.45, 7) is 2.47. The first-order valence-electron chi connectivity index (χ1n) is 18.2. The van der Waals surface area contributed by atoms with Gasteiger partial charge in [-0.15, -0.1) is 0 Å². The van der Waals surface area contributed by atoms with Gasteiger partial charge in [-0.05, 0) is 44.9 Å². The minimum absolute atomic E-state index is 0.254. The third kappa shape index (κ3) is 15.1. The molecule has 0 radical (unpaired) electrons. The highest BCUT2D eigenvalue weighted by Gasteiger charge is 2.50. The van der Waals surface area contributed by atoms with Crippen molar-refractivity contribution in [3.63, 3.8) is 0 Å². The molecule has 12 unspecified atom stereocenters. The molecular formula is C36H63NO13. The number of hydrogen-bond acceptors (Lipinski definition) is 13. The number of ether oxygens (including phenoxy) is 4. The highest BCUT2D eigenvalue weighted by atomic mass is 16.7. The molecule has 290 valence electrons. The first kappa shape index (κ1) is 44.4.